The van der Waals surface area contributed by atoms with Crippen LogP contribution in [0.25, 0.3) is 0 Å². The van der Waals surface area contributed by atoms with Crippen LogP contribution in [0.2, 0.25) is 0 Å². The number of benzene rings is 3. The van der Waals surface area contributed by atoms with Crippen LogP contribution in [0.1, 0.15) is 35.9 Å². The van der Waals surface area contributed by atoms with Gasteiger partial charge in [-0.15, -0.1) is 0 Å². The van der Waals surface area contributed by atoms with Gasteiger partial charge in [0.25, 0.3) is 0 Å². The Kier molecular flexibility index (Phi) is 4.94. The Labute approximate surface area is 180 Å². The first-order valence-electron chi connectivity index (χ1n) is 10.4. The van der Waals surface area contributed by atoms with Crippen LogP contribution in [-0.2, 0) is 4.79 Å². The van der Waals surface area contributed by atoms with E-state index in [0.29, 0.717) is 24.0 Å². The van der Waals surface area contributed by atoms with Crippen molar-refractivity contribution in [3.05, 3.63) is 101 Å². The number of para-hydroxylation sites is 2. The molecule has 0 saturated heterocycles. The van der Waals surface area contributed by atoms with Gasteiger partial charge in [-0.1, -0.05) is 42.5 Å². The quantitative estimate of drug-likeness (QED) is 0.568. The number of hydrogen-bond donors (Lipinski definition) is 2. The van der Waals surface area contributed by atoms with E-state index in [2.05, 4.69) is 10.6 Å². The second kappa shape index (κ2) is 7.91. The number of nitrogens with one attached hydrogen (secondary N) is 2. The summed E-state index contributed by atoms with van der Waals surface area (Å²) in [4.78, 5) is 13.5. The van der Waals surface area contributed by atoms with Crippen LogP contribution in [0.4, 0.5) is 15.8 Å². The fourth-order valence-electron chi connectivity index (χ4n) is 4.57. The summed E-state index contributed by atoms with van der Waals surface area (Å²) in [5.41, 5.74) is 4.72. The number of halogens is 1. The zero-order valence-corrected chi connectivity index (χ0v) is 17.2. The lowest BCUT2D eigenvalue weighted by Crippen LogP contribution is -2.27. The van der Waals surface area contributed by atoms with Crippen LogP contribution in [0.3, 0.4) is 0 Å². The Hall–Kier alpha value is -3.60. The van der Waals surface area contributed by atoms with Gasteiger partial charge >= 0.3 is 0 Å². The van der Waals surface area contributed by atoms with E-state index in [4.69, 9.17) is 4.74 Å². The van der Waals surface area contributed by atoms with Gasteiger partial charge in [-0.25, -0.2) is 4.39 Å². The van der Waals surface area contributed by atoms with E-state index in [0.717, 1.165) is 28.4 Å². The summed E-state index contributed by atoms with van der Waals surface area (Å²) in [6.45, 7) is 0. The molecular weight excluding hydrogens is 391 g/mol. The molecule has 3 aromatic carbocycles. The molecule has 0 spiro atoms. The van der Waals surface area contributed by atoms with Crippen LogP contribution >= 0.6 is 0 Å². The number of methoxy groups -OCH3 is 1. The van der Waals surface area contributed by atoms with Gasteiger partial charge in [0.1, 0.15) is 11.6 Å². The lowest BCUT2D eigenvalue weighted by atomic mass is 9.78. The molecule has 5 heteroatoms. The van der Waals surface area contributed by atoms with E-state index in [1.807, 2.05) is 48.5 Å². The average Bonchev–Trinajstić information content (AvgIpc) is 2.96. The van der Waals surface area contributed by atoms with Crippen molar-refractivity contribution < 1.29 is 13.9 Å². The molecule has 31 heavy (non-hydrogen) atoms. The highest BCUT2D eigenvalue weighted by Crippen LogP contribution is 2.44. The third-order valence-corrected chi connectivity index (χ3v) is 6.09. The zero-order valence-electron chi connectivity index (χ0n) is 17.2. The fraction of sp³-hybridized carbons (Fsp3) is 0.192. The van der Waals surface area contributed by atoms with Crippen LogP contribution in [0, 0.1) is 5.82 Å². The normalized spacial score (nSPS) is 20.1. The molecule has 2 aliphatic rings. The molecule has 1 heterocycles. The minimum absolute atomic E-state index is 0.0233. The average molecular weight is 414 g/mol. The molecule has 5 rings (SSSR count). The second-order valence-electron chi connectivity index (χ2n) is 7.97. The van der Waals surface area contributed by atoms with Gasteiger partial charge in [0.05, 0.1) is 24.5 Å². The summed E-state index contributed by atoms with van der Waals surface area (Å²) in [5.74, 6) is 0.499. The maximum Gasteiger partial charge on any atom is 0.163 e. The number of hydrogen-bond acceptors (Lipinski definition) is 4. The Bertz CT molecular complexity index is 1190. The van der Waals surface area contributed by atoms with Gasteiger partial charge in [0, 0.05) is 23.3 Å². The highest BCUT2D eigenvalue weighted by atomic mass is 19.1. The second-order valence-corrected chi connectivity index (χ2v) is 7.97. The smallest absolute Gasteiger partial charge is 0.163 e. The topological polar surface area (TPSA) is 50.4 Å². The van der Waals surface area contributed by atoms with E-state index in [9.17, 15) is 9.18 Å². The standard InChI is InChI=1S/C26H23FN2O2/c1-31-18-8-6-7-16(13-18)17-14-23-25(24(30)15-17)26(19-9-2-3-10-20(19)27)29-22-12-5-4-11-21(22)28-23/h2-13,17,26,28-29H,14-15H2,1H3/t17-,26+/m0/s1. The van der Waals surface area contributed by atoms with E-state index >= 15 is 0 Å². The van der Waals surface area contributed by atoms with E-state index in [-0.39, 0.29) is 17.5 Å². The van der Waals surface area contributed by atoms with Gasteiger partial charge in [-0.05, 0) is 48.2 Å². The monoisotopic (exact) mass is 414 g/mol. The molecule has 0 amide bonds. The molecule has 0 fully saturated rings. The number of carbonyl (C=O) groups excluding carboxylic acids is 1. The summed E-state index contributed by atoms with van der Waals surface area (Å²) in [6, 6.07) is 21.7. The lowest BCUT2D eigenvalue weighted by Gasteiger charge is -2.30. The number of anilines is 2. The molecule has 0 bridgehead atoms. The maximum absolute atomic E-state index is 14.8. The van der Waals surface area contributed by atoms with Crippen molar-refractivity contribution in [3.63, 3.8) is 0 Å². The van der Waals surface area contributed by atoms with E-state index < -0.39 is 6.04 Å². The van der Waals surface area contributed by atoms with Gasteiger partial charge in [-0.2, -0.15) is 0 Å². The van der Waals surface area contributed by atoms with Crippen LogP contribution in [-0.4, -0.2) is 12.9 Å². The van der Waals surface area contributed by atoms with Crippen molar-refractivity contribution in [2.24, 2.45) is 0 Å². The van der Waals surface area contributed by atoms with Crippen LogP contribution < -0.4 is 15.4 Å². The molecule has 1 aliphatic carbocycles. The summed E-state index contributed by atoms with van der Waals surface area (Å²) in [5, 5.41) is 6.90. The molecule has 0 aromatic heterocycles. The summed E-state index contributed by atoms with van der Waals surface area (Å²) in [7, 11) is 1.64. The van der Waals surface area contributed by atoms with Crippen molar-refractivity contribution in [2.45, 2.75) is 24.8 Å². The number of ketones is 1. The number of fused-ring (bicyclic) bond motifs is 1. The minimum Gasteiger partial charge on any atom is -0.497 e. The first kappa shape index (κ1) is 19.4. The SMILES string of the molecule is COc1cccc([C@@H]2CC(=O)C3=C(C2)Nc2ccccc2N[C@@H]3c2ccccc2F)c1. The van der Waals surface area contributed by atoms with Crippen molar-refractivity contribution in [1.29, 1.82) is 0 Å². The Morgan fingerprint density at radius 2 is 1.71 bits per heavy atom. The van der Waals surface area contributed by atoms with Crippen molar-refractivity contribution in [3.8, 4) is 5.75 Å². The van der Waals surface area contributed by atoms with Crippen LogP contribution in [0.15, 0.2) is 84.1 Å². The molecule has 1 aliphatic heterocycles. The van der Waals surface area contributed by atoms with Gasteiger partial charge < -0.3 is 15.4 Å². The number of carbonyl (C=O) groups is 1. The highest BCUT2D eigenvalue weighted by molar-refractivity contribution is 6.01. The summed E-state index contributed by atoms with van der Waals surface area (Å²) < 4.78 is 20.2. The Morgan fingerprint density at radius 3 is 2.52 bits per heavy atom. The molecule has 0 radical (unpaired) electrons. The largest absolute Gasteiger partial charge is 0.497 e. The number of ether oxygens (including phenoxy) is 1. The fourth-order valence-corrected chi connectivity index (χ4v) is 4.57. The number of Topliss-reactive ketones (excluding diaryl/α,β-unsaturated/α-hetero) is 1. The molecule has 3 aromatic rings. The molecular formula is C26H23FN2O2. The molecule has 0 saturated carbocycles. The van der Waals surface area contributed by atoms with Gasteiger partial charge in [0.15, 0.2) is 5.78 Å². The van der Waals surface area contributed by atoms with Gasteiger partial charge in [-0.3, -0.25) is 4.79 Å². The molecule has 156 valence electrons. The molecule has 0 unspecified atom stereocenters. The van der Waals surface area contributed by atoms with E-state index in [1.165, 1.54) is 6.07 Å². The predicted octanol–water partition coefficient (Wildman–Crippen LogP) is 5.81. The minimum atomic E-state index is -0.550. The maximum atomic E-state index is 14.8. The number of rotatable bonds is 3. The third kappa shape index (κ3) is 3.56. The predicted molar refractivity (Wildman–Crippen MR) is 120 cm³/mol. The molecule has 2 N–H and O–H groups in total. The highest BCUT2D eigenvalue weighted by Gasteiger charge is 2.36. The zero-order chi connectivity index (χ0) is 21.4. The van der Waals surface area contributed by atoms with Gasteiger partial charge in [0.2, 0.25) is 0 Å². The van der Waals surface area contributed by atoms with Crippen LogP contribution in [0.5, 0.6) is 5.75 Å². The van der Waals surface area contributed by atoms with Crippen molar-refractivity contribution in [2.75, 3.05) is 17.7 Å². The van der Waals surface area contributed by atoms with Crippen molar-refractivity contribution >= 4 is 17.2 Å². The molecule has 4 nitrogen and oxygen atoms in total. The summed E-state index contributed by atoms with van der Waals surface area (Å²) >= 11 is 0. The third-order valence-electron chi connectivity index (χ3n) is 6.09. The Morgan fingerprint density at radius 1 is 0.935 bits per heavy atom. The molecule has 2 atom stereocenters. The number of allylic oxidation sites excluding steroid dienone is 1. The van der Waals surface area contributed by atoms with E-state index in [1.54, 1.807) is 25.3 Å². The lowest BCUT2D eigenvalue weighted by molar-refractivity contribution is -0.116. The van der Waals surface area contributed by atoms with Crippen molar-refractivity contribution in [1.82, 2.24) is 0 Å². The summed E-state index contributed by atoms with van der Waals surface area (Å²) in [6.07, 6.45) is 1.03. The first-order valence-corrected chi connectivity index (χ1v) is 10.4. The Balaban J connectivity index is 1.61. The first-order chi connectivity index (χ1) is 15.1.